The lowest BCUT2D eigenvalue weighted by molar-refractivity contribution is 0.274. The van der Waals surface area contributed by atoms with Crippen molar-refractivity contribution in [2.75, 3.05) is 18.4 Å². The summed E-state index contributed by atoms with van der Waals surface area (Å²) in [6, 6.07) is 9.82. The normalized spacial score (nSPS) is 21.6. The molecule has 0 aromatic heterocycles. The monoisotopic (exact) mass is 218 g/mol. The molecule has 0 radical (unpaired) electrons. The fraction of sp³-hybridized carbons (Fsp3) is 0.571. The zero-order chi connectivity index (χ0) is 11.5. The molecule has 1 saturated heterocycles. The summed E-state index contributed by atoms with van der Waals surface area (Å²) in [5.74, 6) is 0. The van der Waals surface area contributed by atoms with Crippen molar-refractivity contribution in [3.05, 3.63) is 29.8 Å². The zero-order valence-electron chi connectivity index (χ0n) is 10.5. The molecule has 0 saturated carbocycles. The van der Waals surface area contributed by atoms with Gasteiger partial charge in [-0.05, 0) is 38.8 Å². The molecule has 1 aromatic carbocycles. The van der Waals surface area contributed by atoms with E-state index in [1.807, 2.05) is 0 Å². The Kier molecular flexibility index (Phi) is 3.49. The van der Waals surface area contributed by atoms with Gasteiger partial charge in [0.1, 0.15) is 0 Å². The number of nitrogens with zero attached hydrogens (tertiary/aromatic N) is 1. The minimum Gasteiger partial charge on any atom is -0.381 e. The summed E-state index contributed by atoms with van der Waals surface area (Å²) < 4.78 is 0. The Morgan fingerprint density at radius 2 is 2.06 bits per heavy atom. The Balaban J connectivity index is 1.95. The van der Waals surface area contributed by atoms with Crippen molar-refractivity contribution in [1.29, 1.82) is 0 Å². The Labute approximate surface area is 98.7 Å². The molecule has 2 rings (SSSR count). The summed E-state index contributed by atoms with van der Waals surface area (Å²) in [7, 11) is 0. The maximum absolute atomic E-state index is 3.65. The van der Waals surface area contributed by atoms with Gasteiger partial charge in [0.25, 0.3) is 0 Å². The van der Waals surface area contributed by atoms with Crippen LogP contribution in [0.1, 0.15) is 25.8 Å². The van der Waals surface area contributed by atoms with Gasteiger partial charge in [-0.2, -0.15) is 0 Å². The fourth-order valence-electron chi connectivity index (χ4n) is 2.33. The lowest BCUT2D eigenvalue weighted by Crippen LogP contribution is -2.31. The SMILES string of the molecule is Cc1ccccc1NC1CCN(C(C)C)C1. The zero-order valence-corrected chi connectivity index (χ0v) is 10.5. The first kappa shape index (κ1) is 11.5. The third-order valence-electron chi connectivity index (χ3n) is 3.45. The molecule has 16 heavy (non-hydrogen) atoms. The molecule has 0 spiro atoms. The van der Waals surface area contributed by atoms with E-state index in [0.29, 0.717) is 12.1 Å². The van der Waals surface area contributed by atoms with E-state index < -0.39 is 0 Å². The first-order valence-corrected chi connectivity index (χ1v) is 6.23. The van der Waals surface area contributed by atoms with Crippen molar-refractivity contribution in [3.8, 4) is 0 Å². The summed E-state index contributed by atoms with van der Waals surface area (Å²) in [6.07, 6.45) is 1.26. The van der Waals surface area contributed by atoms with Crippen LogP contribution in [0, 0.1) is 6.92 Å². The molecule has 1 unspecified atom stereocenters. The molecule has 1 aliphatic heterocycles. The topological polar surface area (TPSA) is 15.3 Å². The molecule has 0 bridgehead atoms. The van der Waals surface area contributed by atoms with E-state index in [2.05, 4.69) is 55.3 Å². The molecular formula is C14H22N2. The number of hydrogen-bond donors (Lipinski definition) is 1. The number of anilines is 1. The predicted molar refractivity (Wildman–Crippen MR) is 69.9 cm³/mol. The van der Waals surface area contributed by atoms with Crippen LogP contribution >= 0.6 is 0 Å². The summed E-state index contributed by atoms with van der Waals surface area (Å²) in [4.78, 5) is 2.54. The Morgan fingerprint density at radius 1 is 1.31 bits per heavy atom. The van der Waals surface area contributed by atoms with E-state index in [1.165, 1.54) is 30.8 Å². The van der Waals surface area contributed by atoms with Crippen LogP contribution in [0.2, 0.25) is 0 Å². The smallest absolute Gasteiger partial charge is 0.0400 e. The van der Waals surface area contributed by atoms with Crippen LogP contribution in [0.3, 0.4) is 0 Å². The number of rotatable bonds is 3. The second kappa shape index (κ2) is 4.88. The molecule has 2 heteroatoms. The predicted octanol–water partition coefficient (Wildman–Crippen LogP) is 2.89. The van der Waals surface area contributed by atoms with Crippen LogP contribution in [0.5, 0.6) is 0 Å². The van der Waals surface area contributed by atoms with Gasteiger partial charge in [-0.15, -0.1) is 0 Å². The molecule has 1 heterocycles. The van der Waals surface area contributed by atoms with Crippen molar-refractivity contribution in [2.45, 2.75) is 39.3 Å². The molecule has 0 aliphatic carbocycles. The van der Waals surface area contributed by atoms with Crippen molar-refractivity contribution in [1.82, 2.24) is 4.90 Å². The highest BCUT2D eigenvalue weighted by Gasteiger charge is 2.23. The van der Waals surface area contributed by atoms with Gasteiger partial charge in [0.15, 0.2) is 0 Å². The van der Waals surface area contributed by atoms with Crippen LogP contribution in [-0.4, -0.2) is 30.1 Å². The quantitative estimate of drug-likeness (QED) is 0.839. The number of nitrogens with one attached hydrogen (secondary N) is 1. The van der Waals surface area contributed by atoms with Gasteiger partial charge in [0.05, 0.1) is 0 Å². The van der Waals surface area contributed by atoms with Gasteiger partial charge >= 0.3 is 0 Å². The Hall–Kier alpha value is -1.02. The van der Waals surface area contributed by atoms with E-state index >= 15 is 0 Å². The number of aryl methyl sites for hydroxylation is 1. The van der Waals surface area contributed by atoms with Crippen LogP contribution in [0.15, 0.2) is 24.3 Å². The number of para-hydroxylation sites is 1. The summed E-state index contributed by atoms with van der Waals surface area (Å²) in [6.45, 7) is 9.11. The first-order valence-electron chi connectivity index (χ1n) is 6.23. The van der Waals surface area contributed by atoms with E-state index in [-0.39, 0.29) is 0 Å². The van der Waals surface area contributed by atoms with E-state index in [1.54, 1.807) is 0 Å². The van der Waals surface area contributed by atoms with Crippen LogP contribution in [0.4, 0.5) is 5.69 Å². The minimum atomic E-state index is 0.614. The number of benzene rings is 1. The molecular weight excluding hydrogens is 196 g/mol. The van der Waals surface area contributed by atoms with Crippen LogP contribution < -0.4 is 5.32 Å². The third kappa shape index (κ3) is 2.56. The fourth-order valence-corrected chi connectivity index (χ4v) is 2.33. The van der Waals surface area contributed by atoms with Crippen molar-refractivity contribution in [2.24, 2.45) is 0 Å². The Bertz CT molecular complexity index is 346. The number of hydrogen-bond acceptors (Lipinski definition) is 2. The van der Waals surface area contributed by atoms with Crippen molar-refractivity contribution < 1.29 is 0 Å². The van der Waals surface area contributed by atoms with Gasteiger partial charge in [-0.1, -0.05) is 18.2 Å². The molecule has 1 aliphatic rings. The second-order valence-corrected chi connectivity index (χ2v) is 5.03. The second-order valence-electron chi connectivity index (χ2n) is 5.03. The summed E-state index contributed by atoms with van der Waals surface area (Å²) in [5.41, 5.74) is 2.63. The van der Waals surface area contributed by atoms with Gasteiger partial charge in [-0.25, -0.2) is 0 Å². The molecule has 1 atom stereocenters. The minimum absolute atomic E-state index is 0.614. The van der Waals surface area contributed by atoms with E-state index in [4.69, 9.17) is 0 Å². The van der Waals surface area contributed by atoms with Gasteiger partial charge < -0.3 is 5.32 Å². The van der Waals surface area contributed by atoms with Gasteiger partial charge in [0.2, 0.25) is 0 Å². The maximum Gasteiger partial charge on any atom is 0.0400 e. The summed E-state index contributed by atoms with van der Waals surface area (Å²) >= 11 is 0. The molecule has 1 fully saturated rings. The highest BCUT2D eigenvalue weighted by molar-refractivity contribution is 5.51. The van der Waals surface area contributed by atoms with Gasteiger partial charge in [0, 0.05) is 30.9 Å². The van der Waals surface area contributed by atoms with Crippen LogP contribution in [0.25, 0.3) is 0 Å². The lowest BCUT2D eigenvalue weighted by atomic mass is 10.1. The number of likely N-dealkylation sites (tertiary alicyclic amines) is 1. The van der Waals surface area contributed by atoms with E-state index in [9.17, 15) is 0 Å². The molecule has 2 nitrogen and oxygen atoms in total. The first-order chi connectivity index (χ1) is 7.66. The lowest BCUT2D eigenvalue weighted by Gasteiger charge is -2.21. The average molecular weight is 218 g/mol. The molecule has 0 amide bonds. The highest BCUT2D eigenvalue weighted by Crippen LogP contribution is 2.19. The largest absolute Gasteiger partial charge is 0.381 e. The van der Waals surface area contributed by atoms with Gasteiger partial charge in [-0.3, -0.25) is 4.90 Å². The highest BCUT2D eigenvalue weighted by atomic mass is 15.2. The van der Waals surface area contributed by atoms with Crippen molar-refractivity contribution in [3.63, 3.8) is 0 Å². The standard InChI is InChI=1S/C14H22N2/c1-11(2)16-9-8-13(10-16)15-14-7-5-4-6-12(14)3/h4-7,11,13,15H,8-10H2,1-3H3. The summed E-state index contributed by atoms with van der Waals surface area (Å²) in [5, 5.41) is 3.65. The van der Waals surface area contributed by atoms with E-state index in [0.717, 1.165) is 0 Å². The average Bonchev–Trinajstić information content (AvgIpc) is 2.70. The molecule has 88 valence electrons. The van der Waals surface area contributed by atoms with Crippen molar-refractivity contribution >= 4 is 5.69 Å². The maximum atomic E-state index is 3.65. The van der Waals surface area contributed by atoms with Crippen LogP contribution in [-0.2, 0) is 0 Å². The molecule has 1 aromatic rings. The molecule has 1 N–H and O–H groups in total. The Morgan fingerprint density at radius 3 is 2.69 bits per heavy atom. The third-order valence-corrected chi connectivity index (χ3v) is 3.45.